The number of carbonyl (C=O) groups excluding carboxylic acids is 2. The number of hydrogen-bond acceptors (Lipinski definition) is 4. The number of carbonyl (C=O) groups is 2. The maximum absolute atomic E-state index is 12.5. The van der Waals surface area contributed by atoms with Crippen LogP contribution in [-0.4, -0.2) is 17.1 Å². The number of alkyl halides is 1. The summed E-state index contributed by atoms with van der Waals surface area (Å²) in [6.45, 7) is 3.27. The lowest BCUT2D eigenvalue weighted by molar-refractivity contribution is -0.133. The monoisotopic (exact) mass is 368 g/mol. The Hall–Kier alpha value is -2.85. The molecule has 3 rings (SSSR count). The Bertz CT molecular complexity index is 911. The van der Waals surface area contributed by atoms with Gasteiger partial charge in [-0.15, -0.1) is 11.6 Å². The van der Waals surface area contributed by atoms with E-state index in [1.165, 1.54) is 6.92 Å². The van der Waals surface area contributed by atoms with Crippen molar-refractivity contribution in [2.24, 2.45) is 0 Å². The number of esters is 1. The molecule has 0 radical (unpaired) electrons. The van der Waals surface area contributed by atoms with Gasteiger partial charge >= 0.3 is 5.97 Å². The topological polar surface area (TPSA) is 52.6 Å². The van der Waals surface area contributed by atoms with Crippen LogP contribution in [0.4, 0.5) is 0 Å². The standard InChI is InChI=1S/C21H17ClO4/c1-13-17(26-21(24)14(2)22)12-11-16-19(23)18(25-20(13)16)10-6-9-15-7-4-3-5-8-15/h3-12,14H,1-2H3/b9-6+,18-10-. The van der Waals surface area contributed by atoms with Crippen molar-refractivity contribution < 1.29 is 19.1 Å². The second kappa shape index (κ2) is 7.58. The van der Waals surface area contributed by atoms with Crippen LogP contribution in [0.5, 0.6) is 11.5 Å². The zero-order valence-electron chi connectivity index (χ0n) is 14.4. The summed E-state index contributed by atoms with van der Waals surface area (Å²) in [6, 6.07) is 12.9. The Morgan fingerprint density at radius 2 is 1.92 bits per heavy atom. The molecule has 0 aliphatic carbocycles. The van der Waals surface area contributed by atoms with Crippen LogP contribution in [-0.2, 0) is 4.79 Å². The first-order valence-corrected chi connectivity index (χ1v) is 8.56. The molecule has 4 nitrogen and oxygen atoms in total. The fraction of sp³-hybridized carbons (Fsp3) is 0.143. The third kappa shape index (κ3) is 3.70. The minimum atomic E-state index is -0.760. The Morgan fingerprint density at radius 1 is 1.19 bits per heavy atom. The minimum absolute atomic E-state index is 0.204. The molecule has 1 atom stereocenters. The Balaban J connectivity index is 1.82. The van der Waals surface area contributed by atoms with E-state index in [-0.39, 0.29) is 11.5 Å². The Kier molecular flexibility index (Phi) is 5.24. The van der Waals surface area contributed by atoms with Gasteiger partial charge in [0, 0.05) is 5.56 Å². The van der Waals surface area contributed by atoms with Crippen LogP contribution in [0, 0.1) is 6.92 Å². The zero-order valence-corrected chi connectivity index (χ0v) is 15.1. The molecule has 0 bridgehead atoms. The molecule has 1 aliphatic rings. The predicted molar refractivity (Wildman–Crippen MR) is 101 cm³/mol. The molecule has 26 heavy (non-hydrogen) atoms. The maximum atomic E-state index is 12.5. The largest absolute Gasteiger partial charge is 0.452 e. The van der Waals surface area contributed by atoms with Gasteiger partial charge in [0.1, 0.15) is 16.9 Å². The smallest absolute Gasteiger partial charge is 0.329 e. The number of benzene rings is 2. The van der Waals surface area contributed by atoms with E-state index in [9.17, 15) is 9.59 Å². The molecular formula is C21H17ClO4. The molecule has 1 unspecified atom stereocenters. The molecule has 2 aromatic rings. The summed E-state index contributed by atoms with van der Waals surface area (Å²) in [5.74, 6) is 0.200. The van der Waals surface area contributed by atoms with Crippen molar-refractivity contribution in [3.05, 3.63) is 77.1 Å². The van der Waals surface area contributed by atoms with Crippen molar-refractivity contribution in [1.82, 2.24) is 0 Å². The van der Waals surface area contributed by atoms with Gasteiger partial charge in [-0.25, -0.2) is 0 Å². The van der Waals surface area contributed by atoms with Crippen molar-refractivity contribution >= 4 is 29.4 Å². The van der Waals surface area contributed by atoms with Gasteiger partial charge < -0.3 is 9.47 Å². The lowest BCUT2D eigenvalue weighted by atomic mass is 10.1. The molecule has 0 saturated heterocycles. The van der Waals surface area contributed by atoms with Crippen molar-refractivity contribution in [2.45, 2.75) is 19.2 Å². The number of Topliss-reactive ketones (excluding diaryl/α,β-unsaturated/α-hetero) is 1. The van der Waals surface area contributed by atoms with Crippen LogP contribution in [0.1, 0.15) is 28.4 Å². The number of ketones is 1. The van der Waals surface area contributed by atoms with E-state index in [4.69, 9.17) is 21.1 Å². The highest BCUT2D eigenvalue weighted by atomic mass is 35.5. The number of fused-ring (bicyclic) bond motifs is 1. The second-order valence-electron chi connectivity index (χ2n) is 5.83. The fourth-order valence-corrected chi connectivity index (χ4v) is 2.54. The summed E-state index contributed by atoms with van der Waals surface area (Å²) in [4.78, 5) is 24.2. The average Bonchev–Trinajstić information content (AvgIpc) is 2.95. The number of hydrogen-bond donors (Lipinski definition) is 0. The molecule has 0 N–H and O–H groups in total. The highest BCUT2D eigenvalue weighted by Gasteiger charge is 2.30. The lowest BCUT2D eigenvalue weighted by Gasteiger charge is -2.10. The number of halogens is 1. The van der Waals surface area contributed by atoms with Crippen molar-refractivity contribution in [2.75, 3.05) is 0 Å². The summed E-state index contributed by atoms with van der Waals surface area (Å²) in [7, 11) is 0. The van der Waals surface area contributed by atoms with Crippen LogP contribution >= 0.6 is 11.6 Å². The molecule has 1 aliphatic heterocycles. The van der Waals surface area contributed by atoms with Crippen LogP contribution in [0.3, 0.4) is 0 Å². The number of rotatable bonds is 4. The molecule has 0 spiro atoms. The average molecular weight is 369 g/mol. The SMILES string of the molecule is Cc1c(OC(=O)C(C)Cl)ccc2c1O/C(=C\C=C\c1ccccc1)C2=O. The van der Waals surface area contributed by atoms with Gasteiger partial charge in [-0.2, -0.15) is 0 Å². The third-order valence-electron chi connectivity index (χ3n) is 3.91. The van der Waals surface area contributed by atoms with E-state index >= 15 is 0 Å². The molecular weight excluding hydrogens is 352 g/mol. The molecule has 2 aromatic carbocycles. The van der Waals surface area contributed by atoms with Gasteiger partial charge in [-0.05, 0) is 37.6 Å². The van der Waals surface area contributed by atoms with E-state index in [2.05, 4.69) is 0 Å². The first-order chi connectivity index (χ1) is 12.5. The van der Waals surface area contributed by atoms with E-state index in [0.29, 0.717) is 22.6 Å². The molecule has 0 aromatic heterocycles. The number of allylic oxidation sites excluding steroid dienone is 3. The maximum Gasteiger partial charge on any atom is 0.329 e. The van der Waals surface area contributed by atoms with Crippen molar-refractivity contribution in [3.63, 3.8) is 0 Å². The molecule has 1 heterocycles. The van der Waals surface area contributed by atoms with E-state index in [0.717, 1.165) is 5.56 Å². The highest BCUT2D eigenvalue weighted by molar-refractivity contribution is 6.29. The number of ether oxygens (including phenoxy) is 2. The first kappa shape index (κ1) is 18.0. The predicted octanol–water partition coefficient (Wildman–Crippen LogP) is 4.70. The van der Waals surface area contributed by atoms with E-state index < -0.39 is 11.3 Å². The van der Waals surface area contributed by atoms with Crippen molar-refractivity contribution in [1.29, 1.82) is 0 Å². The summed E-state index contributed by atoms with van der Waals surface area (Å²) in [5, 5.41) is -0.760. The summed E-state index contributed by atoms with van der Waals surface area (Å²) < 4.78 is 11.0. The van der Waals surface area contributed by atoms with Gasteiger partial charge in [0.15, 0.2) is 5.76 Å². The molecule has 0 saturated carbocycles. The van der Waals surface area contributed by atoms with Gasteiger partial charge in [-0.1, -0.05) is 42.5 Å². The second-order valence-corrected chi connectivity index (χ2v) is 6.49. The quantitative estimate of drug-likeness (QED) is 0.340. The van der Waals surface area contributed by atoms with Gasteiger partial charge in [0.2, 0.25) is 5.78 Å². The molecule has 0 amide bonds. The molecule has 132 valence electrons. The van der Waals surface area contributed by atoms with Crippen molar-refractivity contribution in [3.8, 4) is 11.5 Å². The molecule has 0 fully saturated rings. The van der Waals surface area contributed by atoms with Crippen LogP contribution < -0.4 is 9.47 Å². The minimum Gasteiger partial charge on any atom is -0.452 e. The van der Waals surface area contributed by atoms with Gasteiger partial charge in [0.25, 0.3) is 0 Å². The van der Waals surface area contributed by atoms with Crippen LogP contribution in [0.25, 0.3) is 6.08 Å². The third-order valence-corrected chi connectivity index (χ3v) is 4.09. The first-order valence-electron chi connectivity index (χ1n) is 8.12. The Morgan fingerprint density at radius 3 is 2.62 bits per heavy atom. The summed E-state index contributed by atoms with van der Waals surface area (Å²) >= 11 is 5.73. The normalized spacial score (nSPS) is 15.8. The van der Waals surface area contributed by atoms with Crippen LogP contribution in [0.15, 0.2) is 60.4 Å². The van der Waals surface area contributed by atoms with Gasteiger partial charge in [-0.3, -0.25) is 9.59 Å². The van der Waals surface area contributed by atoms with E-state index in [1.54, 1.807) is 31.2 Å². The zero-order chi connectivity index (χ0) is 18.7. The van der Waals surface area contributed by atoms with Crippen LogP contribution in [0.2, 0.25) is 0 Å². The molecule has 5 heteroatoms. The summed E-state index contributed by atoms with van der Waals surface area (Å²) in [5.41, 5.74) is 2.05. The summed E-state index contributed by atoms with van der Waals surface area (Å²) in [6.07, 6.45) is 5.27. The van der Waals surface area contributed by atoms with E-state index in [1.807, 2.05) is 36.4 Å². The lowest BCUT2D eigenvalue weighted by Crippen LogP contribution is -2.18. The van der Waals surface area contributed by atoms with Gasteiger partial charge in [0.05, 0.1) is 5.56 Å². The highest BCUT2D eigenvalue weighted by Crippen LogP contribution is 2.39. The fourth-order valence-electron chi connectivity index (χ4n) is 2.49. The Labute approximate surface area is 156 Å².